The Morgan fingerprint density at radius 3 is 2.80 bits per heavy atom. The van der Waals surface area contributed by atoms with Crippen LogP contribution in [0.25, 0.3) is 0 Å². The van der Waals surface area contributed by atoms with Crippen molar-refractivity contribution in [2.45, 2.75) is 26.3 Å². The summed E-state index contributed by atoms with van der Waals surface area (Å²) in [4.78, 5) is 8.58. The molecule has 0 aliphatic carbocycles. The van der Waals surface area contributed by atoms with Crippen molar-refractivity contribution in [1.29, 1.82) is 0 Å². The topological polar surface area (TPSA) is 37.8 Å². The number of nitrogens with one attached hydrogen (secondary N) is 1. The van der Waals surface area contributed by atoms with Crippen LogP contribution in [0.2, 0.25) is 0 Å². The van der Waals surface area contributed by atoms with Gasteiger partial charge in [-0.05, 0) is 38.8 Å². The van der Waals surface area contributed by atoms with Gasteiger partial charge in [-0.25, -0.2) is 0 Å². The predicted octanol–water partition coefficient (Wildman–Crippen LogP) is 2.19. The second-order valence-electron chi connectivity index (χ2n) is 3.55. The van der Waals surface area contributed by atoms with Gasteiger partial charge < -0.3 is 5.32 Å². The Bertz CT molecular complexity index is 291. The van der Waals surface area contributed by atoms with Crippen LogP contribution in [0.15, 0.2) is 12.4 Å². The first-order chi connectivity index (χ1) is 7.25. The molecule has 0 saturated carbocycles. The molecule has 1 aromatic rings. The highest BCUT2D eigenvalue weighted by atomic mass is 32.2. The molecule has 0 fully saturated rings. The zero-order chi connectivity index (χ0) is 11.1. The molecule has 15 heavy (non-hydrogen) atoms. The van der Waals surface area contributed by atoms with Crippen molar-refractivity contribution in [2.24, 2.45) is 0 Å². The monoisotopic (exact) mass is 225 g/mol. The summed E-state index contributed by atoms with van der Waals surface area (Å²) in [5.74, 6) is 1.21. The number of rotatable bonds is 6. The maximum absolute atomic E-state index is 4.35. The van der Waals surface area contributed by atoms with Crippen LogP contribution in [0.1, 0.15) is 30.8 Å². The number of aromatic nitrogens is 2. The Morgan fingerprint density at radius 2 is 2.13 bits per heavy atom. The molecule has 1 aromatic heterocycles. The first-order valence-electron chi connectivity index (χ1n) is 5.25. The standard InChI is InChI=1S/C11H19N3S/c1-9(12-5-4-8-15-3)11-10(2)13-6-7-14-11/h6-7,9,12H,4-5,8H2,1-3H3. The van der Waals surface area contributed by atoms with E-state index in [9.17, 15) is 0 Å². The van der Waals surface area contributed by atoms with Gasteiger partial charge in [0.25, 0.3) is 0 Å². The molecule has 0 aliphatic heterocycles. The van der Waals surface area contributed by atoms with Crippen LogP contribution in [0, 0.1) is 6.92 Å². The average molecular weight is 225 g/mol. The molecule has 0 radical (unpaired) electrons. The fourth-order valence-electron chi connectivity index (χ4n) is 1.48. The van der Waals surface area contributed by atoms with Gasteiger partial charge in [0, 0.05) is 18.4 Å². The molecule has 3 nitrogen and oxygen atoms in total. The first kappa shape index (κ1) is 12.5. The Balaban J connectivity index is 2.40. The van der Waals surface area contributed by atoms with E-state index < -0.39 is 0 Å². The molecule has 0 saturated heterocycles. The molecular weight excluding hydrogens is 206 g/mol. The molecule has 84 valence electrons. The SMILES string of the molecule is CSCCCNC(C)c1nccnc1C. The van der Waals surface area contributed by atoms with E-state index in [0.717, 1.165) is 17.9 Å². The first-order valence-corrected chi connectivity index (χ1v) is 6.65. The molecular formula is C11H19N3S. The Labute approximate surface area is 96.1 Å². The fraction of sp³-hybridized carbons (Fsp3) is 0.636. The third-order valence-electron chi connectivity index (χ3n) is 2.31. The van der Waals surface area contributed by atoms with Gasteiger partial charge in [0.15, 0.2) is 0 Å². The zero-order valence-electron chi connectivity index (χ0n) is 9.66. The number of hydrogen-bond donors (Lipinski definition) is 1. The Kier molecular flexibility index (Phi) is 5.65. The number of thioether (sulfide) groups is 1. The van der Waals surface area contributed by atoms with Gasteiger partial charge in [0.2, 0.25) is 0 Å². The minimum atomic E-state index is 0.292. The minimum Gasteiger partial charge on any atom is -0.309 e. The Morgan fingerprint density at radius 1 is 1.40 bits per heavy atom. The number of aryl methyl sites for hydroxylation is 1. The van der Waals surface area contributed by atoms with E-state index in [1.165, 1.54) is 12.2 Å². The number of nitrogens with zero attached hydrogens (tertiary/aromatic N) is 2. The van der Waals surface area contributed by atoms with Crippen molar-refractivity contribution in [3.63, 3.8) is 0 Å². The molecule has 0 aliphatic rings. The van der Waals surface area contributed by atoms with Crippen molar-refractivity contribution in [1.82, 2.24) is 15.3 Å². The lowest BCUT2D eigenvalue weighted by Gasteiger charge is -2.14. The lowest BCUT2D eigenvalue weighted by atomic mass is 10.2. The van der Waals surface area contributed by atoms with Gasteiger partial charge in [-0.1, -0.05) is 0 Å². The fourth-order valence-corrected chi connectivity index (χ4v) is 1.91. The average Bonchev–Trinajstić information content (AvgIpc) is 2.25. The summed E-state index contributed by atoms with van der Waals surface area (Å²) in [5, 5.41) is 3.46. The highest BCUT2D eigenvalue weighted by molar-refractivity contribution is 7.98. The van der Waals surface area contributed by atoms with Crippen LogP contribution >= 0.6 is 11.8 Å². The summed E-state index contributed by atoms with van der Waals surface area (Å²) in [6.45, 7) is 5.18. The quantitative estimate of drug-likeness (QED) is 0.753. The van der Waals surface area contributed by atoms with Gasteiger partial charge in [0.05, 0.1) is 11.4 Å². The van der Waals surface area contributed by atoms with Gasteiger partial charge in [0.1, 0.15) is 0 Å². The second kappa shape index (κ2) is 6.80. The highest BCUT2D eigenvalue weighted by Crippen LogP contribution is 2.11. The van der Waals surface area contributed by atoms with Gasteiger partial charge >= 0.3 is 0 Å². The van der Waals surface area contributed by atoms with Crippen LogP contribution in [0.4, 0.5) is 0 Å². The maximum Gasteiger partial charge on any atom is 0.0782 e. The summed E-state index contributed by atoms with van der Waals surface area (Å²) < 4.78 is 0. The third kappa shape index (κ3) is 4.18. The van der Waals surface area contributed by atoms with Crippen molar-refractivity contribution >= 4 is 11.8 Å². The summed E-state index contributed by atoms with van der Waals surface area (Å²) in [6, 6.07) is 0.292. The summed E-state index contributed by atoms with van der Waals surface area (Å²) in [7, 11) is 0. The van der Waals surface area contributed by atoms with E-state index in [0.29, 0.717) is 6.04 Å². The molecule has 1 N–H and O–H groups in total. The van der Waals surface area contributed by atoms with E-state index in [4.69, 9.17) is 0 Å². The molecule has 4 heteroatoms. The van der Waals surface area contributed by atoms with E-state index in [1.807, 2.05) is 18.7 Å². The lowest BCUT2D eigenvalue weighted by Crippen LogP contribution is -2.22. The second-order valence-corrected chi connectivity index (χ2v) is 4.53. The van der Waals surface area contributed by atoms with Crippen LogP contribution in [-0.2, 0) is 0 Å². The molecule has 1 heterocycles. The molecule has 0 aromatic carbocycles. The van der Waals surface area contributed by atoms with Crippen LogP contribution in [0.3, 0.4) is 0 Å². The van der Waals surface area contributed by atoms with Crippen molar-refractivity contribution in [3.8, 4) is 0 Å². The highest BCUT2D eigenvalue weighted by Gasteiger charge is 2.08. The Hall–Kier alpha value is -0.610. The lowest BCUT2D eigenvalue weighted by molar-refractivity contribution is 0.554. The van der Waals surface area contributed by atoms with Gasteiger partial charge in [-0.2, -0.15) is 11.8 Å². The maximum atomic E-state index is 4.35. The summed E-state index contributed by atoms with van der Waals surface area (Å²) >= 11 is 1.88. The van der Waals surface area contributed by atoms with Crippen molar-refractivity contribution in [2.75, 3.05) is 18.6 Å². The van der Waals surface area contributed by atoms with Gasteiger partial charge in [-0.15, -0.1) is 0 Å². The van der Waals surface area contributed by atoms with Crippen LogP contribution in [-0.4, -0.2) is 28.5 Å². The predicted molar refractivity (Wildman–Crippen MR) is 66.2 cm³/mol. The zero-order valence-corrected chi connectivity index (χ0v) is 10.5. The summed E-state index contributed by atoms with van der Waals surface area (Å²) in [6.07, 6.45) is 6.82. The van der Waals surface area contributed by atoms with Crippen molar-refractivity contribution in [3.05, 3.63) is 23.8 Å². The normalized spacial score (nSPS) is 12.7. The summed E-state index contributed by atoms with van der Waals surface area (Å²) in [5.41, 5.74) is 2.07. The van der Waals surface area contributed by atoms with E-state index in [2.05, 4.69) is 28.5 Å². The smallest absolute Gasteiger partial charge is 0.0782 e. The third-order valence-corrected chi connectivity index (χ3v) is 3.00. The minimum absolute atomic E-state index is 0.292. The van der Waals surface area contributed by atoms with E-state index in [-0.39, 0.29) is 0 Å². The molecule has 0 bridgehead atoms. The number of hydrogen-bond acceptors (Lipinski definition) is 4. The molecule has 0 spiro atoms. The molecule has 1 unspecified atom stereocenters. The van der Waals surface area contributed by atoms with Crippen LogP contribution < -0.4 is 5.32 Å². The van der Waals surface area contributed by atoms with E-state index in [1.54, 1.807) is 12.4 Å². The largest absolute Gasteiger partial charge is 0.309 e. The molecule has 1 rings (SSSR count). The van der Waals surface area contributed by atoms with Crippen molar-refractivity contribution < 1.29 is 0 Å². The molecule has 0 amide bonds. The molecule has 1 atom stereocenters. The van der Waals surface area contributed by atoms with E-state index >= 15 is 0 Å². The van der Waals surface area contributed by atoms with Crippen LogP contribution in [0.5, 0.6) is 0 Å². The van der Waals surface area contributed by atoms with Gasteiger partial charge in [-0.3, -0.25) is 9.97 Å².